The minimum absolute atomic E-state index is 0.0366. The summed E-state index contributed by atoms with van der Waals surface area (Å²) in [4.78, 5) is 139. The first-order valence-electron chi connectivity index (χ1n) is 35.3. The SMILES string of the molecule is C=C(C)C(=O)CCCC(=O)C(C)(COC(=O)c1cc(O)c(O)c(O)c1)COC(=O)c1cc(O)c(O)c(O)c1.C=C(C)C(=O)CCCOC(=O)c1cc(OC(=O)c2cc(O)c(O)c(O)c2)c(OC(=O)c2cc(O)c(O)c(O)c2)c(OC(=O)c2cc(O)c(O)c(O)c2)c1.C[Si](C)(CCOC(=O)c1cc(O)c(O)c(O)c1)CCOC(=O)c1cc(O)c(O)c(O)c1. The summed E-state index contributed by atoms with van der Waals surface area (Å²) >= 11 is 0. The molecule has 8 rings (SSSR count). The van der Waals surface area contributed by atoms with Gasteiger partial charge in [0.25, 0.3) is 0 Å². The van der Waals surface area contributed by atoms with E-state index in [4.69, 9.17) is 37.9 Å². The quantitative estimate of drug-likeness (QED) is 0.00355. The van der Waals surface area contributed by atoms with E-state index in [9.17, 15) is 160 Å². The van der Waals surface area contributed by atoms with Crippen LogP contribution in [-0.4, -0.2) is 213 Å². The van der Waals surface area contributed by atoms with Crippen LogP contribution in [0.1, 0.15) is 136 Å². The monoisotopic (exact) mass is 1720 g/mol. The zero-order chi connectivity index (χ0) is 91.4. The number of esters is 8. The maximum absolute atomic E-state index is 13.3. The van der Waals surface area contributed by atoms with E-state index in [2.05, 4.69) is 13.2 Å². The maximum atomic E-state index is 13.3. The number of carbonyl (C=O) groups excluding carboxylic acids is 11. The van der Waals surface area contributed by atoms with Crippen molar-refractivity contribution >= 4 is 73.2 Å². The van der Waals surface area contributed by atoms with E-state index in [1.54, 1.807) is 0 Å². The Kier molecular flexibility index (Phi) is 31.7. The Hall–Kier alpha value is -16.0. The zero-order valence-electron chi connectivity index (χ0n) is 64.8. The number of ketones is 3. The van der Waals surface area contributed by atoms with E-state index in [-0.39, 0.29) is 91.3 Å². The van der Waals surface area contributed by atoms with Crippen LogP contribution in [0.3, 0.4) is 0 Å². The molecule has 21 N–H and O–H groups in total. The molecule has 0 unspecified atom stereocenters. The number of benzene rings is 8. The molecule has 0 aliphatic rings. The normalized spacial score (nSPS) is 10.9. The van der Waals surface area contributed by atoms with Gasteiger partial charge in [-0.15, -0.1) is 0 Å². The molecule has 0 aliphatic heterocycles. The predicted octanol–water partition coefficient (Wildman–Crippen LogP) is 9.24. The van der Waals surface area contributed by atoms with Gasteiger partial charge in [0.1, 0.15) is 19.0 Å². The number of Topliss-reactive ketones (excluding diaryl/α,β-unsaturated/α-hetero) is 3. The van der Waals surface area contributed by atoms with Crippen LogP contribution in [0, 0.1) is 5.41 Å². The molecule has 40 nitrogen and oxygen atoms in total. The average molecular weight is 1720 g/mol. The lowest BCUT2D eigenvalue weighted by molar-refractivity contribution is -0.133. The van der Waals surface area contributed by atoms with Crippen LogP contribution >= 0.6 is 0 Å². The molecule has 648 valence electrons. The Labute approximate surface area is 688 Å². The third-order valence-electron chi connectivity index (χ3n) is 17.3. The van der Waals surface area contributed by atoms with Crippen molar-refractivity contribution in [2.24, 2.45) is 5.41 Å². The molecule has 0 saturated carbocycles. The van der Waals surface area contributed by atoms with Gasteiger partial charge in [-0.25, -0.2) is 38.4 Å². The standard InChI is InChI=1S/C35H28O18.C26H28O12.C20H24O10Si/c1-14(2)19(36)4-3-5-50-32(46)18-12-26(51-33(47)15-6-20(37)28(43)21(38)7-15)31(53-35(49)17-10-24(41)30(45)25(42)11-17)27(13-18)52-34(48)16-8-22(39)29(44)23(40)9-16;1-13(2)16(27)5-4-6-21(32)26(3,11-37-24(35)14-7-17(28)22(33)18(29)8-14)12-38-25(36)15-9-19(30)23(34)20(31)10-15;1-31(2,5-3-29-19(27)11-7-13(21)17(25)14(22)8-11)6-4-30-20(28)12-9-15(23)18(26)16(24)10-12/h6-13,37-45H,1,3-5H2,2H3;7-10,28-31,33-34H,1,4-6,11-12H2,2-3H3;7-10,21-26H,3-6H2,1-2H3. The van der Waals surface area contributed by atoms with Gasteiger partial charge in [0.2, 0.25) is 5.75 Å². The Bertz CT molecular complexity index is 5060. The lowest BCUT2D eigenvalue weighted by atomic mass is 9.84. The molecule has 0 heterocycles. The average Bonchev–Trinajstić information content (AvgIpc) is 0.784. The summed E-state index contributed by atoms with van der Waals surface area (Å²) in [5.41, 5.74) is -4.36. The molecule has 0 aromatic heterocycles. The second-order valence-electron chi connectivity index (χ2n) is 27.6. The van der Waals surface area contributed by atoms with Crippen LogP contribution in [0.5, 0.6) is 138 Å². The molecule has 8 aromatic rings. The van der Waals surface area contributed by atoms with E-state index in [1.807, 2.05) is 13.1 Å². The van der Waals surface area contributed by atoms with Crippen molar-refractivity contribution in [2.75, 3.05) is 33.0 Å². The minimum Gasteiger partial charge on any atom is -0.504 e. The second-order valence-corrected chi connectivity index (χ2v) is 32.9. The van der Waals surface area contributed by atoms with Gasteiger partial charge < -0.3 is 145 Å². The van der Waals surface area contributed by atoms with Crippen molar-refractivity contribution in [3.05, 3.63) is 166 Å². The van der Waals surface area contributed by atoms with Crippen LogP contribution in [0.25, 0.3) is 0 Å². The zero-order valence-corrected chi connectivity index (χ0v) is 65.8. The number of aromatic hydroxyl groups is 21. The number of hydrogen-bond donors (Lipinski definition) is 21. The number of hydrogen-bond acceptors (Lipinski definition) is 40. The first-order chi connectivity index (χ1) is 56.9. The summed E-state index contributed by atoms with van der Waals surface area (Å²) in [6.07, 6.45) is 0.0392. The highest BCUT2D eigenvalue weighted by Gasteiger charge is 2.38. The minimum atomic E-state index is -1.93. The molecular formula is C81H80O40Si. The third kappa shape index (κ3) is 25.3. The van der Waals surface area contributed by atoms with Crippen molar-refractivity contribution in [2.45, 2.75) is 78.1 Å². The molecule has 0 radical (unpaired) electrons. The highest BCUT2D eigenvalue weighted by Crippen LogP contribution is 2.46. The van der Waals surface area contributed by atoms with E-state index < -0.39 is 240 Å². The van der Waals surface area contributed by atoms with Crippen molar-refractivity contribution in [1.29, 1.82) is 0 Å². The van der Waals surface area contributed by atoms with E-state index in [0.717, 1.165) is 60.7 Å². The number of phenols is 21. The van der Waals surface area contributed by atoms with Crippen molar-refractivity contribution in [3.63, 3.8) is 0 Å². The summed E-state index contributed by atoms with van der Waals surface area (Å²) in [5, 5.41) is 202. The molecule has 41 heteroatoms. The Balaban J connectivity index is 0.000000295. The summed E-state index contributed by atoms with van der Waals surface area (Å²) in [7, 11) is -1.93. The van der Waals surface area contributed by atoms with Gasteiger partial charge in [-0.05, 0) is 154 Å². The van der Waals surface area contributed by atoms with Crippen LogP contribution in [0.4, 0.5) is 0 Å². The Morgan fingerprint density at radius 2 is 0.508 bits per heavy atom. The van der Waals surface area contributed by atoms with Crippen LogP contribution < -0.4 is 14.2 Å². The van der Waals surface area contributed by atoms with Crippen molar-refractivity contribution in [3.8, 4) is 138 Å². The van der Waals surface area contributed by atoms with Crippen molar-refractivity contribution in [1.82, 2.24) is 0 Å². The molecular weight excluding hydrogens is 1640 g/mol. The van der Waals surface area contributed by atoms with Crippen LogP contribution in [0.2, 0.25) is 25.2 Å². The fourth-order valence-electron chi connectivity index (χ4n) is 10.0. The van der Waals surface area contributed by atoms with Crippen molar-refractivity contribution < 1.29 is 198 Å². The fourth-order valence-corrected chi connectivity index (χ4v) is 11.6. The summed E-state index contributed by atoms with van der Waals surface area (Å²) < 4.78 is 41.8. The Morgan fingerprint density at radius 1 is 0.295 bits per heavy atom. The van der Waals surface area contributed by atoms with Crippen LogP contribution in [0.15, 0.2) is 121 Å². The molecule has 0 amide bonds. The largest absolute Gasteiger partial charge is 0.504 e. The summed E-state index contributed by atoms with van der Waals surface area (Å²) in [6.45, 7) is 14.0. The molecule has 0 aliphatic carbocycles. The summed E-state index contributed by atoms with van der Waals surface area (Å²) in [6, 6.07) is 13.9. The highest BCUT2D eigenvalue weighted by molar-refractivity contribution is 6.77. The fraction of sp³-hybridized carbons (Fsp3) is 0.222. The topological polar surface area (TPSA) is 686 Å². The van der Waals surface area contributed by atoms with Gasteiger partial charge in [-0.2, -0.15) is 0 Å². The summed E-state index contributed by atoms with van der Waals surface area (Å²) in [5.74, 6) is -30.7. The molecule has 122 heavy (non-hydrogen) atoms. The third-order valence-corrected chi connectivity index (χ3v) is 20.4. The number of phenolic OH excluding ortho intramolecular Hbond substituents is 21. The van der Waals surface area contributed by atoms with Gasteiger partial charge in [0.15, 0.2) is 144 Å². The molecule has 0 atom stereocenters. The molecule has 8 aromatic carbocycles. The van der Waals surface area contributed by atoms with E-state index >= 15 is 0 Å². The highest BCUT2D eigenvalue weighted by atomic mass is 28.3. The number of allylic oxidation sites excluding steroid dienone is 2. The number of ether oxygens (including phenoxy) is 8. The van der Waals surface area contributed by atoms with E-state index in [1.165, 1.54) is 20.8 Å². The lowest BCUT2D eigenvalue weighted by Gasteiger charge is -2.27. The number of carbonyl (C=O) groups is 11. The second kappa shape index (κ2) is 40.7. The van der Waals surface area contributed by atoms with Gasteiger partial charge in [-0.3, -0.25) is 14.4 Å². The van der Waals surface area contributed by atoms with Gasteiger partial charge in [0, 0.05) is 19.3 Å². The lowest BCUT2D eigenvalue weighted by Crippen LogP contribution is -2.39. The first kappa shape index (κ1) is 94.9. The van der Waals surface area contributed by atoms with Gasteiger partial charge in [-0.1, -0.05) is 26.3 Å². The molecule has 0 spiro atoms. The number of rotatable bonds is 32. The Morgan fingerprint density at radius 3 is 0.762 bits per heavy atom. The van der Waals surface area contributed by atoms with Gasteiger partial charge >= 0.3 is 47.8 Å². The molecule has 0 saturated heterocycles. The first-order valence-corrected chi connectivity index (χ1v) is 38.7. The maximum Gasteiger partial charge on any atom is 0.344 e. The van der Waals surface area contributed by atoms with Crippen LogP contribution in [-0.2, 0) is 38.1 Å². The molecule has 0 bridgehead atoms. The van der Waals surface area contributed by atoms with E-state index in [0.29, 0.717) is 54.1 Å². The molecule has 0 fully saturated rings. The van der Waals surface area contributed by atoms with Gasteiger partial charge in [0.05, 0.1) is 77.8 Å². The predicted molar refractivity (Wildman–Crippen MR) is 416 cm³/mol. The smallest absolute Gasteiger partial charge is 0.344 e.